The van der Waals surface area contributed by atoms with Crippen molar-refractivity contribution in [2.75, 3.05) is 24.9 Å². The van der Waals surface area contributed by atoms with E-state index in [2.05, 4.69) is 20.6 Å². The Kier molecular flexibility index (Phi) is 5.48. The first kappa shape index (κ1) is 17.5. The summed E-state index contributed by atoms with van der Waals surface area (Å²) in [7, 11) is 3.20. The lowest BCUT2D eigenvalue weighted by Crippen LogP contribution is -2.03. The lowest BCUT2D eigenvalue weighted by atomic mass is 10.2. The van der Waals surface area contributed by atoms with Crippen LogP contribution in [0.5, 0.6) is 11.5 Å². The predicted octanol–water partition coefficient (Wildman–Crippen LogP) is 3.99. The van der Waals surface area contributed by atoms with E-state index in [1.807, 2.05) is 18.2 Å². The molecular formula is C19H19FN4O2. The molecule has 0 radical (unpaired) electrons. The van der Waals surface area contributed by atoms with Gasteiger partial charge in [0.1, 0.15) is 23.8 Å². The van der Waals surface area contributed by atoms with Gasteiger partial charge in [0.25, 0.3) is 0 Å². The van der Waals surface area contributed by atoms with Gasteiger partial charge in [0.05, 0.1) is 14.2 Å². The van der Waals surface area contributed by atoms with Crippen molar-refractivity contribution >= 4 is 17.3 Å². The summed E-state index contributed by atoms with van der Waals surface area (Å²) in [6.07, 6.45) is 1.44. The van der Waals surface area contributed by atoms with E-state index in [0.29, 0.717) is 35.4 Å². The van der Waals surface area contributed by atoms with Crippen LogP contribution in [0.15, 0.2) is 54.9 Å². The van der Waals surface area contributed by atoms with E-state index in [1.54, 1.807) is 32.4 Å². The quantitative estimate of drug-likeness (QED) is 0.669. The van der Waals surface area contributed by atoms with Gasteiger partial charge >= 0.3 is 0 Å². The van der Waals surface area contributed by atoms with E-state index in [0.717, 1.165) is 5.56 Å². The molecule has 0 unspecified atom stereocenters. The summed E-state index contributed by atoms with van der Waals surface area (Å²) in [5, 5.41) is 6.27. The third-order valence-corrected chi connectivity index (χ3v) is 3.69. The van der Waals surface area contributed by atoms with Crippen LogP contribution in [-0.4, -0.2) is 24.2 Å². The largest absolute Gasteiger partial charge is 0.493 e. The summed E-state index contributed by atoms with van der Waals surface area (Å²) in [5.74, 6) is 2.26. The Morgan fingerprint density at radius 3 is 2.50 bits per heavy atom. The summed E-state index contributed by atoms with van der Waals surface area (Å²) >= 11 is 0. The van der Waals surface area contributed by atoms with Crippen LogP contribution >= 0.6 is 0 Å². The van der Waals surface area contributed by atoms with Crippen LogP contribution in [0, 0.1) is 5.82 Å². The highest BCUT2D eigenvalue weighted by Gasteiger charge is 2.05. The Balaban J connectivity index is 1.67. The number of halogens is 1. The molecule has 2 aromatic carbocycles. The molecule has 26 heavy (non-hydrogen) atoms. The number of methoxy groups -OCH3 is 2. The molecule has 0 saturated heterocycles. The summed E-state index contributed by atoms with van der Waals surface area (Å²) in [5.41, 5.74) is 1.63. The minimum Gasteiger partial charge on any atom is -0.493 e. The molecule has 0 atom stereocenters. The fraction of sp³-hybridized carbons (Fsp3) is 0.158. The van der Waals surface area contributed by atoms with Crippen molar-refractivity contribution < 1.29 is 13.9 Å². The second kappa shape index (κ2) is 8.15. The van der Waals surface area contributed by atoms with E-state index in [-0.39, 0.29) is 5.82 Å². The Morgan fingerprint density at radius 1 is 0.923 bits per heavy atom. The number of ether oxygens (including phenoxy) is 2. The SMILES string of the molecule is COc1ccc(CNc2cc(Nc3cccc(F)c3)ncn2)cc1OC. The average molecular weight is 354 g/mol. The zero-order valence-electron chi connectivity index (χ0n) is 14.5. The maximum Gasteiger partial charge on any atom is 0.161 e. The predicted molar refractivity (Wildman–Crippen MR) is 98.6 cm³/mol. The second-order valence-electron chi connectivity index (χ2n) is 5.47. The van der Waals surface area contributed by atoms with Gasteiger partial charge in [-0.25, -0.2) is 14.4 Å². The topological polar surface area (TPSA) is 68.3 Å². The number of nitrogens with one attached hydrogen (secondary N) is 2. The molecule has 0 aliphatic rings. The molecule has 134 valence electrons. The maximum absolute atomic E-state index is 13.3. The van der Waals surface area contributed by atoms with Crippen molar-refractivity contribution in [3.63, 3.8) is 0 Å². The fourth-order valence-electron chi connectivity index (χ4n) is 2.42. The molecule has 7 heteroatoms. The maximum atomic E-state index is 13.3. The van der Waals surface area contributed by atoms with Gasteiger partial charge in [-0.3, -0.25) is 0 Å². The molecule has 0 bridgehead atoms. The van der Waals surface area contributed by atoms with E-state index >= 15 is 0 Å². The van der Waals surface area contributed by atoms with E-state index in [4.69, 9.17) is 9.47 Å². The Bertz CT molecular complexity index is 889. The van der Waals surface area contributed by atoms with Crippen LogP contribution in [0.4, 0.5) is 21.7 Å². The first-order valence-corrected chi connectivity index (χ1v) is 7.97. The number of nitrogens with zero attached hydrogens (tertiary/aromatic N) is 2. The van der Waals surface area contributed by atoms with Crippen LogP contribution in [0.1, 0.15) is 5.56 Å². The number of aromatic nitrogens is 2. The lowest BCUT2D eigenvalue weighted by Gasteiger charge is -2.11. The van der Waals surface area contributed by atoms with Crippen molar-refractivity contribution in [1.82, 2.24) is 9.97 Å². The normalized spacial score (nSPS) is 10.3. The van der Waals surface area contributed by atoms with E-state index < -0.39 is 0 Å². The van der Waals surface area contributed by atoms with Gasteiger partial charge in [-0.15, -0.1) is 0 Å². The van der Waals surface area contributed by atoms with Gasteiger partial charge in [-0.05, 0) is 35.9 Å². The summed E-state index contributed by atoms with van der Waals surface area (Å²) in [4.78, 5) is 8.35. The smallest absolute Gasteiger partial charge is 0.161 e. The molecule has 6 nitrogen and oxygen atoms in total. The number of anilines is 3. The van der Waals surface area contributed by atoms with Crippen molar-refractivity contribution in [1.29, 1.82) is 0 Å². The minimum atomic E-state index is -0.309. The summed E-state index contributed by atoms with van der Waals surface area (Å²) < 4.78 is 23.8. The molecule has 0 aliphatic heterocycles. The highest BCUT2D eigenvalue weighted by molar-refractivity contribution is 5.58. The van der Waals surface area contributed by atoms with E-state index in [1.165, 1.54) is 18.5 Å². The molecule has 3 aromatic rings. The van der Waals surface area contributed by atoms with Crippen molar-refractivity contribution in [3.8, 4) is 11.5 Å². The van der Waals surface area contributed by atoms with Crippen LogP contribution < -0.4 is 20.1 Å². The molecule has 2 N–H and O–H groups in total. The van der Waals surface area contributed by atoms with Gasteiger partial charge in [0, 0.05) is 18.3 Å². The minimum absolute atomic E-state index is 0.309. The molecule has 0 aliphatic carbocycles. The number of hydrogen-bond acceptors (Lipinski definition) is 6. The number of hydrogen-bond donors (Lipinski definition) is 2. The lowest BCUT2D eigenvalue weighted by molar-refractivity contribution is 0.354. The van der Waals surface area contributed by atoms with Gasteiger partial charge in [-0.2, -0.15) is 0 Å². The van der Waals surface area contributed by atoms with E-state index in [9.17, 15) is 4.39 Å². The highest BCUT2D eigenvalue weighted by atomic mass is 19.1. The van der Waals surface area contributed by atoms with Crippen LogP contribution in [0.3, 0.4) is 0 Å². The van der Waals surface area contributed by atoms with Crippen molar-refractivity contribution in [2.24, 2.45) is 0 Å². The summed E-state index contributed by atoms with van der Waals surface area (Å²) in [6, 6.07) is 13.6. The zero-order chi connectivity index (χ0) is 18.4. The fourth-order valence-corrected chi connectivity index (χ4v) is 2.42. The molecule has 0 amide bonds. The van der Waals surface area contributed by atoms with Crippen molar-refractivity contribution in [3.05, 3.63) is 66.2 Å². The highest BCUT2D eigenvalue weighted by Crippen LogP contribution is 2.27. The molecule has 0 saturated carbocycles. The monoisotopic (exact) mass is 354 g/mol. The first-order valence-electron chi connectivity index (χ1n) is 7.97. The van der Waals surface area contributed by atoms with Crippen molar-refractivity contribution in [2.45, 2.75) is 6.54 Å². The van der Waals surface area contributed by atoms with Crippen LogP contribution in [-0.2, 0) is 6.54 Å². The molecule has 0 spiro atoms. The van der Waals surface area contributed by atoms with Gasteiger partial charge in [-0.1, -0.05) is 12.1 Å². The van der Waals surface area contributed by atoms with Gasteiger partial charge in [0.2, 0.25) is 0 Å². The third-order valence-electron chi connectivity index (χ3n) is 3.69. The summed E-state index contributed by atoms with van der Waals surface area (Å²) in [6.45, 7) is 0.552. The standard InChI is InChI=1S/C19H19FN4O2/c1-25-16-7-6-13(8-17(16)26-2)11-21-18-10-19(23-12-22-18)24-15-5-3-4-14(20)9-15/h3-10,12H,11H2,1-2H3,(H2,21,22,23,24). The molecular weight excluding hydrogens is 335 g/mol. The van der Waals surface area contributed by atoms with Gasteiger partial charge in [0.15, 0.2) is 11.5 Å². The Morgan fingerprint density at radius 2 is 1.73 bits per heavy atom. The molecule has 3 rings (SSSR count). The number of benzene rings is 2. The zero-order valence-corrected chi connectivity index (χ0v) is 14.5. The first-order chi connectivity index (χ1) is 12.7. The van der Waals surface area contributed by atoms with Crippen LogP contribution in [0.2, 0.25) is 0 Å². The van der Waals surface area contributed by atoms with Crippen LogP contribution in [0.25, 0.3) is 0 Å². The Hall–Kier alpha value is -3.35. The molecule has 1 heterocycles. The Labute approximate surface area is 151 Å². The third kappa shape index (κ3) is 4.38. The second-order valence-corrected chi connectivity index (χ2v) is 5.47. The molecule has 1 aromatic heterocycles. The van der Waals surface area contributed by atoms with Gasteiger partial charge < -0.3 is 20.1 Å². The number of rotatable bonds is 7. The molecule has 0 fully saturated rings. The average Bonchev–Trinajstić information content (AvgIpc) is 2.66.